The number of nitrogens with two attached hydrogens (primary N) is 1. The van der Waals surface area contributed by atoms with Crippen molar-refractivity contribution in [1.82, 2.24) is 15.1 Å². The predicted octanol–water partition coefficient (Wildman–Crippen LogP) is 2.75. The number of primary amides is 1. The van der Waals surface area contributed by atoms with E-state index >= 15 is 0 Å². The molecule has 1 aliphatic carbocycles. The molecular formula is C21H29N5O2. The van der Waals surface area contributed by atoms with Crippen LogP contribution in [0.2, 0.25) is 0 Å². The summed E-state index contributed by atoms with van der Waals surface area (Å²) < 4.78 is 7.19. The maximum Gasteiger partial charge on any atom is 0.254 e. The fourth-order valence-electron chi connectivity index (χ4n) is 4.20. The number of amides is 1. The van der Waals surface area contributed by atoms with Crippen molar-refractivity contribution in [2.75, 3.05) is 18.5 Å². The van der Waals surface area contributed by atoms with E-state index in [1.807, 2.05) is 35.9 Å². The molecule has 1 aromatic heterocycles. The summed E-state index contributed by atoms with van der Waals surface area (Å²) in [6.07, 6.45) is 5.01. The molecule has 150 valence electrons. The lowest BCUT2D eigenvalue weighted by molar-refractivity contribution is -0.0143. The van der Waals surface area contributed by atoms with Crippen LogP contribution < -0.4 is 16.4 Å². The van der Waals surface area contributed by atoms with E-state index in [4.69, 9.17) is 15.6 Å². The topological polar surface area (TPSA) is 94.2 Å². The van der Waals surface area contributed by atoms with Crippen LogP contribution in [0.4, 0.5) is 11.5 Å². The molecule has 1 amide bonds. The van der Waals surface area contributed by atoms with Crippen LogP contribution in [-0.2, 0) is 4.74 Å². The van der Waals surface area contributed by atoms with E-state index in [9.17, 15) is 4.79 Å². The second-order valence-electron chi connectivity index (χ2n) is 8.18. The number of benzene rings is 1. The molecule has 1 saturated heterocycles. The molecule has 2 aromatic rings. The maximum atomic E-state index is 12.0. The summed E-state index contributed by atoms with van der Waals surface area (Å²) in [5, 5.41) is 11.6. The molecule has 0 radical (unpaired) electrons. The average molecular weight is 383 g/mol. The van der Waals surface area contributed by atoms with Crippen LogP contribution in [0.15, 0.2) is 30.5 Å². The van der Waals surface area contributed by atoms with Gasteiger partial charge in [-0.2, -0.15) is 5.10 Å². The third-order valence-electron chi connectivity index (χ3n) is 5.89. The van der Waals surface area contributed by atoms with Gasteiger partial charge in [-0.05, 0) is 44.2 Å². The number of aromatic nitrogens is 2. The number of nitrogens with one attached hydrogen (secondary N) is 2. The molecule has 3 atom stereocenters. The SMILES string of the molecule is Cc1ccc(Nc2nn(C3CCC(NC4COC4)CC3C)cc2C(N)=O)cc1. The monoisotopic (exact) mass is 383 g/mol. The Hall–Kier alpha value is -2.38. The van der Waals surface area contributed by atoms with Gasteiger partial charge in [-0.15, -0.1) is 0 Å². The number of ether oxygens (including phenoxy) is 1. The summed E-state index contributed by atoms with van der Waals surface area (Å²) in [6, 6.07) is 9.29. The maximum absolute atomic E-state index is 12.0. The second kappa shape index (κ2) is 7.93. The first-order valence-corrected chi connectivity index (χ1v) is 10.1. The Bertz CT molecular complexity index is 828. The molecule has 2 fully saturated rings. The number of carbonyl (C=O) groups excluding carboxylic acids is 1. The summed E-state index contributed by atoms with van der Waals surface area (Å²) in [6.45, 7) is 5.94. The lowest BCUT2D eigenvalue weighted by atomic mass is 9.82. The normalized spacial score (nSPS) is 25.3. The number of anilines is 2. The quantitative estimate of drug-likeness (QED) is 0.713. The largest absolute Gasteiger partial charge is 0.378 e. The standard InChI is InChI=1S/C21H29N5O2/c1-13-3-5-15(6-4-13)24-21-18(20(22)27)10-26(25-21)19-8-7-16(9-14(19)2)23-17-11-28-12-17/h3-6,10,14,16-17,19,23H,7-9,11-12H2,1-2H3,(H2,22,27)(H,24,25). The van der Waals surface area contributed by atoms with E-state index in [0.717, 1.165) is 38.2 Å². The first-order chi connectivity index (χ1) is 13.5. The Balaban J connectivity index is 1.48. The molecule has 0 spiro atoms. The van der Waals surface area contributed by atoms with Gasteiger partial charge in [0.15, 0.2) is 5.82 Å². The van der Waals surface area contributed by atoms with Crippen molar-refractivity contribution < 1.29 is 9.53 Å². The summed E-state index contributed by atoms with van der Waals surface area (Å²) in [5.74, 6) is 0.518. The summed E-state index contributed by atoms with van der Waals surface area (Å²) in [5.41, 5.74) is 8.11. The second-order valence-corrected chi connectivity index (χ2v) is 8.18. The van der Waals surface area contributed by atoms with Crippen molar-refractivity contribution in [3.63, 3.8) is 0 Å². The number of carbonyl (C=O) groups is 1. The van der Waals surface area contributed by atoms with Crippen molar-refractivity contribution in [3.05, 3.63) is 41.6 Å². The Morgan fingerprint density at radius 2 is 1.96 bits per heavy atom. The van der Waals surface area contributed by atoms with Gasteiger partial charge in [0.25, 0.3) is 5.91 Å². The minimum absolute atomic E-state index is 0.266. The Kier molecular flexibility index (Phi) is 5.37. The van der Waals surface area contributed by atoms with Crippen LogP contribution in [-0.4, -0.2) is 41.0 Å². The van der Waals surface area contributed by atoms with Gasteiger partial charge in [0.2, 0.25) is 0 Å². The van der Waals surface area contributed by atoms with Crippen LogP contribution in [0.5, 0.6) is 0 Å². The van der Waals surface area contributed by atoms with Crippen molar-refractivity contribution in [1.29, 1.82) is 0 Å². The Morgan fingerprint density at radius 3 is 2.57 bits per heavy atom. The Labute approximate surface area is 165 Å². The van der Waals surface area contributed by atoms with Crippen LogP contribution in [0, 0.1) is 12.8 Å². The number of hydrogen-bond acceptors (Lipinski definition) is 5. The zero-order valence-corrected chi connectivity index (χ0v) is 16.5. The molecule has 4 N–H and O–H groups in total. The minimum atomic E-state index is -0.464. The van der Waals surface area contributed by atoms with Crippen molar-refractivity contribution >= 4 is 17.4 Å². The van der Waals surface area contributed by atoms with Crippen molar-refractivity contribution in [2.24, 2.45) is 11.7 Å². The summed E-state index contributed by atoms with van der Waals surface area (Å²) in [4.78, 5) is 12.0. The van der Waals surface area contributed by atoms with E-state index in [0.29, 0.717) is 29.4 Å². The highest BCUT2D eigenvalue weighted by Crippen LogP contribution is 2.35. The van der Waals surface area contributed by atoms with E-state index in [2.05, 4.69) is 17.6 Å². The molecule has 4 rings (SSSR count). The van der Waals surface area contributed by atoms with E-state index in [1.165, 1.54) is 5.56 Å². The van der Waals surface area contributed by atoms with Gasteiger partial charge in [-0.1, -0.05) is 24.6 Å². The molecule has 2 heterocycles. The lowest BCUT2D eigenvalue weighted by Gasteiger charge is -2.38. The highest BCUT2D eigenvalue weighted by atomic mass is 16.5. The van der Waals surface area contributed by atoms with Crippen LogP contribution in [0.1, 0.15) is 48.1 Å². The van der Waals surface area contributed by atoms with Crippen LogP contribution in [0.3, 0.4) is 0 Å². The molecule has 0 bridgehead atoms. The zero-order valence-electron chi connectivity index (χ0n) is 16.5. The van der Waals surface area contributed by atoms with Crippen molar-refractivity contribution in [2.45, 2.75) is 51.2 Å². The van der Waals surface area contributed by atoms with E-state index < -0.39 is 5.91 Å². The average Bonchev–Trinajstić information content (AvgIpc) is 3.04. The van der Waals surface area contributed by atoms with Gasteiger partial charge in [-0.3, -0.25) is 9.48 Å². The van der Waals surface area contributed by atoms with Crippen LogP contribution >= 0.6 is 0 Å². The van der Waals surface area contributed by atoms with Gasteiger partial charge in [0, 0.05) is 17.9 Å². The first-order valence-electron chi connectivity index (χ1n) is 10.1. The van der Waals surface area contributed by atoms with Crippen molar-refractivity contribution in [3.8, 4) is 0 Å². The third-order valence-corrected chi connectivity index (χ3v) is 5.89. The number of hydrogen-bond donors (Lipinski definition) is 3. The number of aryl methyl sites for hydroxylation is 1. The molecule has 7 nitrogen and oxygen atoms in total. The highest BCUT2D eigenvalue weighted by molar-refractivity contribution is 5.98. The fraction of sp³-hybridized carbons (Fsp3) is 0.524. The first kappa shape index (κ1) is 19.0. The predicted molar refractivity (Wildman–Crippen MR) is 109 cm³/mol. The molecule has 1 saturated carbocycles. The zero-order chi connectivity index (χ0) is 19.7. The van der Waals surface area contributed by atoms with Gasteiger partial charge in [0.1, 0.15) is 5.56 Å². The minimum Gasteiger partial charge on any atom is -0.378 e. The van der Waals surface area contributed by atoms with Crippen LogP contribution in [0.25, 0.3) is 0 Å². The molecule has 1 aromatic carbocycles. The smallest absolute Gasteiger partial charge is 0.254 e. The summed E-state index contributed by atoms with van der Waals surface area (Å²) >= 11 is 0. The Morgan fingerprint density at radius 1 is 1.21 bits per heavy atom. The molecule has 3 unspecified atom stereocenters. The van der Waals surface area contributed by atoms with Gasteiger partial charge in [0.05, 0.1) is 25.3 Å². The van der Waals surface area contributed by atoms with Gasteiger partial charge >= 0.3 is 0 Å². The van der Waals surface area contributed by atoms with Gasteiger partial charge < -0.3 is 21.1 Å². The molecule has 1 aliphatic heterocycles. The molecule has 7 heteroatoms. The van der Waals surface area contributed by atoms with Gasteiger partial charge in [-0.25, -0.2) is 0 Å². The molecule has 28 heavy (non-hydrogen) atoms. The lowest BCUT2D eigenvalue weighted by Crippen LogP contribution is -2.52. The number of rotatable bonds is 6. The fourth-order valence-corrected chi connectivity index (χ4v) is 4.20. The number of nitrogens with zero attached hydrogens (tertiary/aromatic N) is 2. The van der Waals surface area contributed by atoms with E-state index in [-0.39, 0.29) is 6.04 Å². The summed E-state index contributed by atoms with van der Waals surface area (Å²) in [7, 11) is 0. The molecule has 2 aliphatic rings. The third kappa shape index (κ3) is 4.05. The van der Waals surface area contributed by atoms with E-state index in [1.54, 1.807) is 6.20 Å². The highest BCUT2D eigenvalue weighted by Gasteiger charge is 2.32. The molecular weight excluding hydrogens is 354 g/mol.